The van der Waals surface area contributed by atoms with Gasteiger partial charge in [0.1, 0.15) is 0 Å². The largest absolute Gasteiger partial charge is 0.330 e. The molecule has 0 spiro atoms. The molecule has 16 heavy (non-hydrogen) atoms. The van der Waals surface area contributed by atoms with E-state index >= 15 is 0 Å². The van der Waals surface area contributed by atoms with Crippen LogP contribution < -0.4 is 16.4 Å². The van der Waals surface area contributed by atoms with Crippen LogP contribution in [0.25, 0.3) is 0 Å². The maximum absolute atomic E-state index is 5.45. The van der Waals surface area contributed by atoms with Gasteiger partial charge in [0.2, 0.25) is 0 Å². The summed E-state index contributed by atoms with van der Waals surface area (Å²) in [4.78, 5) is 0. The minimum absolute atomic E-state index is 0.705. The quantitative estimate of drug-likeness (QED) is 0.370. The second kappa shape index (κ2) is 13.5. The Balaban J connectivity index is 2.88. The van der Waals surface area contributed by atoms with Gasteiger partial charge in [0.25, 0.3) is 0 Å². The Hall–Kier alpha value is 0.420. The predicted octanol–water partition coefficient (Wildman–Crippen LogP) is 1.29. The molecule has 0 aromatic rings. The van der Waals surface area contributed by atoms with Gasteiger partial charge in [-0.3, -0.25) is 0 Å². The lowest BCUT2D eigenvalue weighted by atomic mass is 10.3. The van der Waals surface area contributed by atoms with Gasteiger partial charge in [0.15, 0.2) is 0 Å². The molecule has 0 rings (SSSR count). The standard InChI is InChI=1S/C10H24Cl2N4/c11-16(12)10-4-9-15-7-2-1-6-14-8-3-5-13/h14-15H,1-10,13H2. The molecule has 0 fully saturated rings. The Bertz CT molecular complexity index is 136. The van der Waals surface area contributed by atoms with Crippen LogP contribution in [-0.4, -0.2) is 43.2 Å². The molecule has 0 amide bonds. The monoisotopic (exact) mass is 270 g/mol. The number of halogens is 2. The molecule has 98 valence electrons. The zero-order valence-corrected chi connectivity index (χ0v) is 11.4. The minimum atomic E-state index is 0.705. The van der Waals surface area contributed by atoms with E-state index in [-0.39, 0.29) is 0 Å². The molecule has 0 atom stereocenters. The third kappa shape index (κ3) is 14.4. The van der Waals surface area contributed by atoms with E-state index < -0.39 is 0 Å². The summed E-state index contributed by atoms with van der Waals surface area (Å²) in [7, 11) is 0. The molecule has 4 nitrogen and oxygen atoms in total. The molecule has 0 radical (unpaired) electrons. The molecule has 0 unspecified atom stereocenters. The molecule has 0 aliphatic heterocycles. The maximum atomic E-state index is 5.45. The Morgan fingerprint density at radius 3 is 1.81 bits per heavy atom. The summed E-state index contributed by atoms with van der Waals surface area (Å²) >= 11 is 10.9. The molecule has 6 heteroatoms. The number of nitrogens with two attached hydrogens (primary N) is 1. The number of nitrogens with one attached hydrogen (secondary N) is 2. The summed E-state index contributed by atoms with van der Waals surface area (Å²) < 4.78 is 1.17. The molecule has 0 aromatic heterocycles. The highest BCUT2D eigenvalue weighted by Crippen LogP contribution is 1.98. The van der Waals surface area contributed by atoms with Crippen molar-refractivity contribution < 1.29 is 0 Å². The molecule has 4 N–H and O–H groups in total. The second-order valence-corrected chi connectivity index (χ2v) is 4.72. The average Bonchev–Trinajstić information content (AvgIpc) is 2.25. The van der Waals surface area contributed by atoms with E-state index in [1.54, 1.807) is 0 Å². The zero-order valence-electron chi connectivity index (χ0n) is 9.85. The Labute approximate surface area is 109 Å². The number of hydrogen-bond acceptors (Lipinski definition) is 4. The number of unbranched alkanes of at least 4 members (excludes halogenated alkanes) is 1. The lowest BCUT2D eigenvalue weighted by Crippen LogP contribution is -2.22. The number of hydrogen-bond donors (Lipinski definition) is 3. The van der Waals surface area contributed by atoms with Gasteiger partial charge in [0, 0.05) is 6.54 Å². The minimum Gasteiger partial charge on any atom is -0.330 e. The van der Waals surface area contributed by atoms with E-state index in [0.717, 1.165) is 45.6 Å². The van der Waals surface area contributed by atoms with Gasteiger partial charge in [-0.1, -0.05) is 0 Å². The Morgan fingerprint density at radius 2 is 1.31 bits per heavy atom. The van der Waals surface area contributed by atoms with Crippen LogP contribution in [0.1, 0.15) is 25.7 Å². The molecule has 0 saturated carbocycles. The average molecular weight is 271 g/mol. The third-order valence-corrected chi connectivity index (χ3v) is 2.53. The van der Waals surface area contributed by atoms with Crippen LogP contribution in [0, 0.1) is 0 Å². The van der Waals surface area contributed by atoms with E-state index in [1.165, 1.54) is 16.8 Å². The molecule has 0 saturated heterocycles. The van der Waals surface area contributed by atoms with Crippen molar-refractivity contribution in [1.82, 2.24) is 14.6 Å². The fraction of sp³-hybridized carbons (Fsp3) is 1.00. The summed E-state index contributed by atoms with van der Waals surface area (Å²) in [6.07, 6.45) is 4.43. The van der Waals surface area contributed by atoms with Crippen LogP contribution >= 0.6 is 23.6 Å². The van der Waals surface area contributed by atoms with Crippen LogP contribution in [0.3, 0.4) is 0 Å². The maximum Gasteiger partial charge on any atom is 0.0316 e. The summed E-state index contributed by atoms with van der Waals surface area (Å²) in [5.41, 5.74) is 5.39. The van der Waals surface area contributed by atoms with Crippen molar-refractivity contribution in [1.29, 1.82) is 0 Å². The predicted molar refractivity (Wildman–Crippen MR) is 71.7 cm³/mol. The number of rotatable bonds is 12. The topological polar surface area (TPSA) is 53.3 Å². The second-order valence-electron chi connectivity index (χ2n) is 3.73. The van der Waals surface area contributed by atoms with Crippen LogP contribution in [0.5, 0.6) is 0 Å². The summed E-state index contributed by atoms with van der Waals surface area (Å²) in [5, 5.41) is 6.71. The van der Waals surface area contributed by atoms with Gasteiger partial charge in [0.05, 0.1) is 0 Å². The van der Waals surface area contributed by atoms with Gasteiger partial charge >= 0.3 is 0 Å². The highest BCUT2D eigenvalue weighted by Gasteiger charge is 1.94. The fourth-order valence-corrected chi connectivity index (χ4v) is 1.54. The van der Waals surface area contributed by atoms with Crippen molar-refractivity contribution in [2.45, 2.75) is 25.7 Å². The third-order valence-electron chi connectivity index (χ3n) is 2.20. The van der Waals surface area contributed by atoms with Crippen molar-refractivity contribution in [2.24, 2.45) is 5.73 Å². The zero-order chi connectivity index (χ0) is 12.1. The summed E-state index contributed by atoms with van der Waals surface area (Å²) in [5.74, 6) is 0. The molecular weight excluding hydrogens is 247 g/mol. The summed E-state index contributed by atoms with van der Waals surface area (Å²) in [6, 6.07) is 0. The van der Waals surface area contributed by atoms with Crippen molar-refractivity contribution >= 4 is 23.6 Å². The van der Waals surface area contributed by atoms with Crippen molar-refractivity contribution in [2.75, 3.05) is 39.3 Å². The van der Waals surface area contributed by atoms with Crippen LogP contribution in [0.15, 0.2) is 0 Å². The van der Waals surface area contributed by atoms with Gasteiger partial charge in [-0.05, 0) is 82.0 Å². The van der Waals surface area contributed by atoms with E-state index in [0.29, 0.717) is 6.54 Å². The summed E-state index contributed by atoms with van der Waals surface area (Å²) in [6.45, 7) is 5.62. The molecule has 0 aliphatic rings. The normalized spacial score (nSPS) is 11.2. The Morgan fingerprint density at radius 1 is 0.812 bits per heavy atom. The van der Waals surface area contributed by atoms with Gasteiger partial charge < -0.3 is 16.4 Å². The highest BCUT2D eigenvalue weighted by molar-refractivity contribution is 6.33. The van der Waals surface area contributed by atoms with Crippen molar-refractivity contribution in [3.63, 3.8) is 0 Å². The molecule has 0 bridgehead atoms. The van der Waals surface area contributed by atoms with E-state index in [4.69, 9.17) is 29.3 Å². The number of nitrogens with zero attached hydrogens (tertiary/aromatic N) is 1. The fourth-order valence-electron chi connectivity index (χ4n) is 1.30. The smallest absolute Gasteiger partial charge is 0.0316 e. The first kappa shape index (κ1) is 16.4. The molecule has 0 aliphatic carbocycles. The van der Waals surface area contributed by atoms with Crippen molar-refractivity contribution in [3.05, 3.63) is 0 Å². The van der Waals surface area contributed by atoms with E-state index in [9.17, 15) is 0 Å². The van der Waals surface area contributed by atoms with Gasteiger partial charge in [-0.2, -0.15) is 0 Å². The van der Waals surface area contributed by atoms with Crippen LogP contribution in [0.4, 0.5) is 0 Å². The van der Waals surface area contributed by atoms with Crippen molar-refractivity contribution in [3.8, 4) is 0 Å². The lowest BCUT2D eigenvalue weighted by Gasteiger charge is -2.06. The lowest BCUT2D eigenvalue weighted by molar-refractivity contribution is 0.552. The van der Waals surface area contributed by atoms with Gasteiger partial charge in [-0.25, -0.2) is 0 Å². The van der Waals surface area contributed by atoms with E-state index in [2.05, 4.69) is 10.6 Å². The Kier molecular flexibility index (Phi) is 13.8. The first-order valence-corrected chi connectivity index (χ1v) is 6.65. The first-order chi connectivity index (χ1) is 7.77. The van der Waals surface area contributed by atoms with E-state index in [1.807, 2.05) is 0 Å². The van der Waals surface area contributed by atoms with Gasteiger partial charge in [-0.15, -0.1) is 3.94 Å². The SMILES string of the molecule is NCCCNCCCCNCCCN(Cl)Cl. The van der Waals surface area contributed by atoms with Crippen LogP contribution in [-0.2, 0) is 0 Å². The highest BCUT2D eigenvalue weighted by atomic mass is 35.5. The van der Waals surface area contributed by atoms with Crippen LogP contribution in [0.2, 0.25) is 0 Å². The molecular formula is C10H24Cl2N4. The molecule has 0 heterocycles. The molecule has 0 aromatic carbocycles. The first-order valence-electron chi connectivity index (χ1n) is 5.98.